The van der Waals surface area contributed by atoms with Gasteiger partial charge in [-0.25, -0.2) is 4.98 Å². The first-order valence-corrected chi connectivity index (χ1v) is 6.39. The van der Waals surface area contributed by atoms with Crippen molar-refractivity contribution in [3.05, 3.63) is 29.0 Å². The molecule has 7 heteroatoms. The maximum Gasteiger partial charge on any atom is 0.263 e. The molecule has 0 fully saturated rings. The molecule has 0 aliphatic rings. The van der Waals surface area contributed by atoms with Crippen LogP contribution in [0.5, 0.6) is 0 Å². The van der Waals surface area contributed by atoms with Crippen LogP contribution in [0.1, 0.15) is 22.7 Å². The van der Waals surface area contributed by atoms with E-state index in [2.05, 4.69) is 25.6 Å². The first-order chi connectivity index (χ1) is 9.66. The van der Waals surface area contributed by atoms with Gasteiger partial charge in [-0.05, 0) is 27.2 Å². The molecule has 3 heterocycles. The lowest BCUT2D eigenvalue weighted by molar-refractivity contribution is 0.392. The summed E-state index contributed by atoms with van der Waals surface area (Å²) in [4.78, 5) is 8.29. The maximum absolute atomic E-state index is 5.15. The van der Waals surface area contributed by atoms with E-state index in [1.807, 2.05) is 20.8 Å². The van der Waals surface area contributed by atoms with E-state index in [1.54, 1.807) is 0 Å². The van der Waals surface area contributed by atoms with Crippen LogP contribution in [0.3, 0.4) is 0 Å². The van der Waals surface area contributed by atoms with Gasteiger partial charge < -0.3 is 14.4 Å². The van der Waals surface area contributed by atoms with Crippen LogP contribution in [0.25, 0.3) is 11.1 Å². The fourth-order valence-corrected chi connectivity index (χ4v) is 2.22. The van der Waals surface area contributed by atoms with Crippen molar-refractivity contribution in [2.24, 2.45) is 0 Å². The molecule has 0 atom stereocenters. The minimum atomic E-state index is 0.498. The molecule has 0 aliphatic carbocycles. The standard InChI is InChI=1S/C13H15N5O2/c1-7-10(9(3)19-17-7)4-5-14-12-11-8(2)18-20-13(11)16-6-15-12/h6H,4-5H2,1-3H3,(H,14,15,16). The number of rotatable bonds is 4. The Bertz CT molecular complexity index is 727. The quantitative estimate of drug-likeness (QED) is 0.779. The fourth-order valence-electron chi connectivity index (χ4n) is 2.22. The molecule has 1 N–H and O–H groups in total. The number of anilines is 1. The molecule has 104 valence electrons. The Morgan fingerprint density at radius 2 is 1.85 bits per heavy atom. The average Bonchev–Trinajstić information content (AvgIpc) is 2.97. The van der Waals surface area contributed by atoms with Crippen LogP contribution in [0.2, 0.25) is 0 Å². The van der Waals surface area contributed by atoms with Gasteiger partial charge in [0.25, 0.3) is 5.71 Å². The van der Waals surface area contributed by atoms with Crippen LogP contribution in [0.4, 0.5) is 5.82 Å². The van der Waals surface area contributed by atoms with Crippen molar-refractivity contribution in [2.75, 3.05) is 11.9 Å². The zero-order chi connectivity index (χ0) is 14.1. The smallest absolute Gasteiger partial charge is 0.263 e. The number of fused-ring (bicyclic) bond motifs is 1. The first kappa shape index (κ1) is 12.6. The number of hydrogen-bond donors (Lipinski definition) is 1. The molecule has 20 heavy (non-hydrogen) atoms. The summed E-state index contributed by atoms with van der Waals surface area (Å²) in [6.45, 7) is 6.45. The van der Waals surface area contributed by atoms with E-state index in [1.165, 1.54) is 6.33 Å². The molecule has 0 aromatic carbocycles. The lowest BCUT2D eigenvalue weighted by atomic mass is 10.1. The van der Waals surface area contributed by atoms with Gasteiger partial charge in [0.15, 0.2) is 0 Å². The SMILES string of the molecule is Cc1noc(C)c1CCNc1ncnc2onc(C)c12. The largest absolute Gasteiger partial charge is 0.369 e. The number of nitrogens with one attached hydrogen (secondary N) is 1. The summed E-state index contributed by atoms with van der Waals surface area (Å²) in [5.41, 5.74) is 3.33. The number of nitrogens with zero attached hydrogens (tertiary/aromatic N) is 4. The van der Waals surface area contributed by atoms with Crippen molar-refractivity contribution in [3.8, 4) is 0 Å². The number of hydrogen-bond acceptors (Lipinski definition) is 7. The van der Waals surface area contributed by atoms with E-state index in [0.717, 1.165) is 46.9 Å². The molecule has 3 aromatic heterocycles. The second kappa shape index (κ2) is 4.92. The highest BCUT2D eigenvalue weighted by Gasteiger charge is 2.12. The Balaban J connectivity index is 1.76. The van der Waals surface area contributed by atoms with E-state index >= 15 is 0 Å². The molecule has 0 saturated carbocycles. The van der Waals surface area contributed by atoms with Crippen molar-refractivity contribution < 1.29 is 9.05 Å². The molecule has 0 saturated heterocycles. The molecule has 3 aromatic rings. The van der Waals surface area contributed by atoms with E-state index in [-0.39, 0.29) is 0 Å². The van der Waals surface area contributed by atoms with E-state index < -0.39 is 0 Å². The van der Waals surface area contributed by atoms with Gasteiger partial charge in [0.05, 0.1) is 11.4 Å². The molecule has 0 bridgehead atoms. The summed E-state index contributed by atoms with van der Waals surface area (Å²) in [7, 11) is 0. The zero-order valence-electron chi connectivity index (χ0n) is 11.6. The maximum atomic E-state index is 5.15. The predicted octanol–water partition coefficient (Wildman–Crippen LogP) is 2.19. The van der Waals surface area contributed by atoms with Gasteiger partial charge in [0, 0.05) is 12.1 Å². The van der Waals surface area contributed by atoms with Crippen LogP contribution in [0, 0.1) is 20.8 Å². The number of aryl methyl sites for hydroxylation is 3. The van der Waals surface area contributed by atoms with Crippen molar-refractivity contribution in [1.82, 2.24) is 20.3 Å². The third-order valence-corrected chi connectivity index (χ3v) is 3.29. The Labute approximate surface area is 115 Å². The lowest BCUT2D eigenvalue weighted by Gasteiger charge is -2.05. The van der Waals surface area contributed by atoms with Crippen molar-refractivity contribution >= 4 is 16.9 Å². The van der Waals surface area contributed by atoms with Gasteiger partial charge in [0.1, 0.15) is 23.3 Å². The normalized spacial score (nSPS) is 11.2. The van der Waals surface area contributed by atoms with Gasteiger partial charge in [0.2, 0.25) is 0 Å². The van der Waals surface area contributed by atoms with Gasteiger partial charge in [-0.2, -0.15) is 4.98 Å². The van der Waals surface area contributed by atoms with Crippen molar-refractivity contribution in [2.45, 2.75) is 27.2 Å². The fraction of sp³-hybridized carbons (Fsp3) is 0.385. The minimum Gasteiger partial charge on any atom is -0.369 e. The average molecular weight is 273 g/mol. The van der Waals surface area contributed by atoms with Crippen LogP contribution in [-0.4, -0.2) is 26.8 Å². The molecule has 7 nitrogen and oxygen atoms in total. The highest BCUT2D eigenvalue weighted by atomic mass is 16.5. The predicted molar refractivity (Wildman–Crippen MR) is 72.5 cm³/mol. The summed E-state index contributed by atoms with van der Waals surface area (Å²) in [5, 5.41) is 12.0. The van der Waals surface area contributed by atoms with E-state index in [4.69, 9.17) is 9.05 Å². The van der Waals surface area contributed by atoms with Crippen LogP contribution in [0.15, 0.2) is 15.4 Å². The summed E-state index contributed by atoms with van der Waals surface area (Å²) in [6.07, 6.45) is 2.28. The Kier molecular flexibility index (Phi) is 3.09. The monoisotopic (exact) mass is 273 g/mol. The van der Waals surface area contributed by atoms with Gasteiger partial charge in [-0.3, -0.25) is 0 Å². The molecular formula is C13H15N5O2. The van der Waals surface area contributed by atoms with E-state index in [0.29, 0.717) is 5.71 Å². The van der Waals surface area contributed by atoms with Gasteiger partial charge in [-0.1, -0.05) is 10.3 Å². The topological polar surface area (TPSA) is 89.9 Å². The zero-order valence-corrected chi connectivity index (χ0v) is 11.6. The molecule has 3 rings (SSSR count). The lowest BCUT2D eigenvalue weighted by Crippen LogP contribution is -2.08. The summed E-state index contributed by atoms with van der Waals surface area (Å²) >= 11 is 0. The van der Waals surface area contributed by atoms with Gasteiger partial charge in [-0.15, -0.1) is 0 Å². The van der Waals surface area contributed by atoms with Crippen LogP contribution in [-0.2, 0) is 6.42 Å². The van der Waals surface area contributed by atoms with Gasteiger partial charge >= 0.3 is 0 Å². The highest BCUT2D eigenvalue weighted by molar-refractivity contribution is 5.87. The molecule has 0 radical (unpaired) electrons. The first-order valence-electron chi connectivity index (χ1n) is 6.39. The second-order valence-corrected chi connectivity index (χ2v) is 4.65. The summed E-state index contributed by atoms with van der Waals surface area (Å²) < 4.78 is 10.3. The highest BCUT2D eigenvalue weighted by Crippen LogP contribution is 2.22. The molecule has 0 unspecified atom stereocenters. The summed E-state index contributed by atoms with van der Waals surface area (Å²) in [6, 6.07) is 0. The van der Waals surface area contributed by atoms with Crippen LogP contribution < -0.4 is 5.32 Å². The molecule has 0 spiro atoms. The van der Waals surface area contributed by atoms with Crippen molar-refractivity contribution in [1.29, 1.82) is 0 Å². The number of aromatic nitrogens is 4. The third kappa shape index (κ3) is 2.11. The Morgan fingerprint density at radius 3 is 2.60 bits per heavy atom. The third-order valence-electron chi connectivity index (χ3n) is 3.29. The van der Waals surface area contributed by atoms with E-state index in [9.17, 15) is 0 Å². The molecule has 0 amide bonds. The Morgan fingerprint density at radius 1 is 1.05 bits per heavy atom. The van der Waals surface area contributed by atoms with Crippen molar-refractivity contribution in [3.63, 3.8) is 0 Å². The second-order valence-electron chi connectivity index (χ2n) is 4.65. The molecular weight excluding hydrogens is 258 g/mol. The Hall–Kier alpha value is -2.44. The molecule has 0 aliphatic heterocycles. The summed E-state index contributed by atoms with van der Waals surface area (Å²) in [5.74, 6) is 1.60. The minimum absolute atomic E-state index is 0.498. The van der Waals surface area contributed by atoms with Crippen LogP contribution >= 0.6 is 0 Å².